The van der Waals surface area contributed by atoms with Gasteiger partial charge in [0, 0.05) is 9.35 Å². The number of benzene rings is 2. The van der Waals surface area contributed by atoms with E-state index in [0.29, 0.717) is 41.5 Å². The quantitative estimate of drug-likeness (QED) is 0.419. The standard InChI is InChI=1S/C22H17BrN2O4S/c1-27-15-4-2-13(3-5-15)20-10-17-21(30-20)22(26)25(12-24-17)11-14-8-18-19(9-16(14)23)29-7-6-28-18/h2-5,8-10,12H,6-7,11H2,1H3. The number of halogens is 1. The van der Waals surface area contributed by atoms with Crippen LogP contribution in [-0.2, 0) is 6.54 Å². The van der Waals surface area contributed by atoms with Crippen LogP contribution < -0.4 is 19.8 Å². The van der Waals surface area contributed by atoms with Gasteiger partial charge in [-0.15, -0.1) is 11.3 Å². The number of rotatable bonds is 4. The summed E-state index contributed by atoms with van der Waals surface area (Å²) in [5.41, 5.74) is 2.59. The van der Waals surface area contributed by atoms with Crippen molar-refractivity contribution < 1.29 is 14.2 Å². The van der Waals surface area contributed by atoms with E-state index in [2.05, 4.69) is 20.9 Å². The van der Waals surface area contributed by atoms with E-state index in [1.54, 1.807) is 18.0 Å². The van der Waals surface area contributed by atoms with Crippen molar-refractivity contribution in [2.45, 2.75) is 6.54 Å². The van der Waals surface area contributed by atoms with Crippen molar-refractivity contribution in [1.29, 1.82) is 0 Å². The largest absolute Gasteiger partial charge is 0.497 e. The highest BCUT2D eigenvalue weighted by Gasteiger charge is 2.16. The van der Waals surface area contributed by atoms with Crippen molar-refractivity contribution in [3.05, 3.63) is 69.2 Å². The number of thiophene rings is 1. The first kappa shape index (κ1) is 19.1. The summed E-state index contributed by atoms with van der Waals surface area (Å²) < 4.78 is 19.6. The second-order valence-corrected chi connectivity index (χ2v) is 8.72. The van der Waals surface area contributed by atoms with Crippen molar-refractivity contribution in [2.75, 3.05) is 20.3 Å². The molecule has 4 aromatic rings. The minimum atomic E-state index is -0.0634. The normalized spacial score (nSPS) is 12.9. The van der Waals surface area contributed by atoms with Gasteiger partial charge >= 0.3 is 0 Å². The molecule has 0 bridgehead atoms. The molecule has 152 valence electrons. The molecule has 30 heavy (non-hydrogen) atoms. The van der Waals surface area contributed by atoms with Crippen LogP contribution in [0, 0.1) is 0 Å². The Morgan fingerprint density at radius 3 is 2.60 bits per heavy atom. The number of aromatic nitrogens is 2. The molecule has 0 saturated carbocycles. The van der Waals surface area contributed by atoms with Crippen LogP contribution in [0.2, 0.25) is 0 Å². The highest BCUT2D eigenvalue weighted by molar-refractivity contribution is 9.10. The molecule has 0 fully saturated rings. The molecule has 1 aliphatic rings. The van der Waals surface area contributed by atoms with Crippen molar-refractivity contribution >= 4 is 37.5 Å². The molecular formula is C22H17BrN2O4S. The van der Waals surface area contributed by atoms with Gasteiger partial charge in [-0.25, -0.2) is 4.98 Å². The van der Waals surface area contributed by atoms with Gasteiger partial charge in [0.1, 0.15) is 23.7 Å². The number of ether oxygens (including phenoxy) is 3. The predicted molar refractivity (Wildman–Crippen MR) is 120 cm³/mol. The Hall–Kier alpha value is -2.84. The minimum absolute atomic E-state index is 0.0634. The summed E-state index contributed by atoms with van der Waals surface area (Å²) in [5.74, 6) is 2.20. The summed E-state index contributed by atoms with van der Waals surface area (Å²) in [4.78, 5) is 18.6. The lowest BCUT2D eigenvalue weighted by atomic mass is 10.2. The molecule has 0 spiro atoms. The molecule has 2 aromatic heterocycles. The van der Waals surface area contributed by atoms with Gasteiger partial charge in [-0.05, 0) is 53.6 Å². The Morgan fingerprint density at radius 2 is 1.87 bits per heavy atom. The zero-order valence-electron chi connectivity index (χ0n) is 16.1. The molecule has 0 atom stereocenters. The van der Waals surface area contributed by atoms with Crippen LogP contribution >= 0.6 is 27.3 Å². The summed E-state index contributed by atoms with van der Waals surface area (Å²) in [7, 11) is 1.64. The Balaban J connectivity index is 1.50. The van der Waals surface area contributed by atoms with E-state index in [1.807, 2.05) is 42.5 Å². The van der Waals surface area contributed by atoms with E-state index < -0.39 is 0 Å². The number of hydrogen-bond donors (Lipinski definition) is 0. The minimum Gasteiger partial charge on any atom is -0.497 e. The molecule has 0 N–H and O–H groups in total. The Morgan fingerprint density at radius 1 is 1.13 bits per heavy atom. The summed E-state index contributed by atoms with van der Waals surface area (Å²) in [6, 6.07) is 13.5. The molecule has 2 aromatic carbocycles. The van der Waals surface area contributed by atoms with Crippen molar-refractivity contribution in [2.24, 2.45) is 0 Å². The van der Waals surface area contributed by atoms with Crippen LogP contribution in [0.5, 0.6) is 17.2 Å². The molecule has 8 heteroatoms. The fraction of sp³-hybridized carbons (Fsp3) is 0.182. The molecule has 6 nitrogen and oxygen atoms in total. The highest BCUT2D eigenvalue weighted by atomic mass is 79.9. The zero-order chi connectivity index (χ0) is 20.7. The maximum atomic E-state index is 13.1. The third-order valence-electron chi connectivity index (χ3n) is 4.93. The second-order valence-electron chi connectivity index (χ2n) is 6.82. The first-order chi connectivity index (χ1) is 14.6. The van der Waals surface area contributed by atoms with Gasteiger partial charge in [0.15, 0.2) is 11.5 Å². The van der Waals surface area contributed by atoms with Crippen LogP contribution in [0.1, 0.15) is 5.56 Å². The third-order valence-corrected chi connectivity index (χ3v) is 6.83. The number of fused-ring (bicyclic) bond motifs is 2. The molecule has 1 aliphatic heterocycles. The SMILES string of the molecule is COc1ccc(-c2cc3ncn(Cc4cc5c(cc4Br)OCCO5)c(=O)c3s2)cc1. The molecular weight excluding hydrogens is 468 g/mol. The van der Waals surface area contributed by atoms with Gasteiger partial charge in [0.2, 0.25) is 0 Å². The van der Waals surface area contributed by atoms with E-state index in [-0.39, 0.29) is 5.56 Å². The lowest BCUT2D eigenvalue weighted by molar-refractivity contribution is 0.171. The van der Waals surface area contributed by atoms with Gasteiger partial charge in [0.25, 0.3) is 5.56 Å². The highest BCUT2D eigenvalue weighted by Crippen LogP contribution is 2.36. The summed E-state index contributed by atoms with van der Waals surface area (Å²) in [5, 5.41) is 0. The topological polar surface area (TPSA) is 62.6 Å². The first-order valence-electron chi connectivity index (χ1n) is 9.34. The molecule has 3 heterocycles. The lowest BCUT2D eigenvalue weighted by Gasteiger charge is -2.20. The van der Waals surface area contributed by atoms with E-state index in [9.17, 15) is 4.79 Å². The van der Waals surface area contributed by atoms with Gasteiger partial charge < -0.3 is 14.2 Å². The molecule has 0 amide bonds. The van der Waals surface area contributed by atoms with Crippen molar-refractivity contribution in [3.63, 3.8) is 0 Å². The maximum Gasteiger partial charge on any atom is 0.271 e. The summed E-state index contributed by atoms with van der Waals surface area (Å²) in [6.45, 7) is 1.44. The predicted octanol–water partition coefficient (Wildman–Crippen LogP) is 4.72. The van der Waals surface area contributed by atoms with Crippen LogP contribution in [0.15, 0.2) is 58.1 Å². The Bertz CT molecular complexity index is 1300. The van der Waals surface area contributed by atoms with Gasteiger partial charge in [-0.3, -0.25) is 9.36 Å². The number of methoxy groups -OCH3 is 1. The van der Waals surface area contributed by atoms with E-state index in [1.165, 1.54) is 11.3 Å². The smallest absolute Gasteiger partial charge is 0.271 e. The van der Waals surface area contributed by atoms with Gasteiger partial charge in [-0.1, -0.05) is 15.9 Å². The average Bonchev–Trinajstić information content (AvgIpc) is 3.21. The molecule has 5 rings (SSSR count). The molecule has 0 saturated heterocycles. The van der Waals surface area contributed by atoms with Crippen molar-refractivity contribution in [3.8, 4) is 27.7 Å². The monoisotopic (exact) mass is 484 g/mol. The zero-order valence-corrected chi connectivity index (χ0v) is 18.5. The number of hydrogen-bond acceptors (Lipinski definition) is 6. The Labute approximate surface area is 184 Å². The molecule has 0 aliphatic carbocycles. The van der Waals surface area contributed by atoms with E-state index in [0.717, 1.165) is 26.2 Å². The second kappa shape index (κ2) is 7.77. The molecule has 0 unspecified atom stereocenters. The third kappa shape index (κ3) is 3.46. The summed E-state index contributed by atoms with van der Waals surface area (Å²) in [6.07, 6.45) is 1.60. The van der Waals surface area contributed by atoms with Crippen LogP contribution in [-0.4, -0.2) is 29.9 Å². The first-order valence-corrected chi connectivity index (χ1v) is 10.9. The van der Waals surface area contributed by atoms with Gasteiger partial charge in [-0.2, -0.15) is 0 Å². The molecule has 0 radical (unpaired) electrons. The van der Waals surface area contributed by atoms with Gasteiger partial charge in [0.05, 0.1) is 25.5 Å². The maximum absolute atomic E-state index is 13.1. The van der Waals surface area contributed by atoms with Crippen LogP contribution in [0.3, 0.4) is 0 Å². The fourth-order valence-corrected chi connectivity index (χ4v) is 4.88. The lowest BCUT2D eigenvalue weighted by Crippen LogP contribution is -2.21. The van der Waals surface area contributed by atoms with Crippen LogP contribution in [0.25, 0.3) is 20.7 Å². The average molecular weight is 485 g/mol. The fourth-order valence-electron chi connectivity index (χ4n) is 3.37. The summed E-state index contributed by atoms with van der Waals surface area (Å²) >= 11 is 5.02. The van der Waals surface area contributed by atoms with Crippen molar-refractivity contribution in [1.82, 2.24) is 9.55 Å². The van der Waals surface area contributed by atoms with E-state index in [4.69, 9.17) is 14.2 Å². The van der Waals surface area contributed by atoms with E-state index >= 15 is 0 Å². The Kier molecular flexibility index (Phi) is 4.96. The number of nitrogens with zero attached hydrogens (tertiary/aromatic N) is 2. The van der Waals surface area contributed by atoms with Crippen LogP contribution in [0.4, 0.5) is 0 Å².